The number of unbranched alkanes of at least 4 members (excludes halogenated alkanes) is 1. The fraction of sp³-hybridized carbons (Fsp3) is 0.417. The molecule has 0 aliphatic carbocycles. The monoisotopic (exact) mass is 376 g/mol. The summed E-state index contributed by atoms with van der Waals surface area (Å²) in [6.45, 7) is 7.82. The van der Waals surface area contributed by atoms with E-state index >= 15 is 0 Å². The van der Waals surface area contributed by atoms with Gasteiger partial charge in [0.25, 0.3) is 0 Å². The smallest absolute Gasteiger partial charge is 0.232 e. The fourth-order valence-electron chi connectivity index (χ4n) is 4.12. The van der Waals surface area contributed by atoms with E-state index < -0.39 is 0 Å². The SMILES string of the molecule is CCCCc1ccc(-n2c[n+](C)c3cc4c(cc32)n(CC(C)C)c[n+]4C)cc1. The summed E-state index contributed by atoms with van der Waals surface area (Å²) in [6.07, 6.45) is 8.07. The van der Waals surface area contributed by atoms with Gasteiger partial charge in [-0.1, -0.05) is 39.3 Å². The van der Waals surface area contributed by atoms with E-state index in [4.69, 9.17) is 0 Å². The second-order valence-electron chi connectivity index (χ2n) is 8.47. The molecule has 146 valence electrons. The second-order valence-corrected chi connectivity index (χ2v) is 8.47. The minimum Gasteiger partial charge on any atom is -0.232 e. The van der Waals surface area contributed by atoms with Gasteiger partial charge < -0.3 is 0 Å². The van der Waals surface area contributed by atoms with E-state index in [1.165, 1.54) is 46.2 Å². The summed E-state index contributed by atoms with van der Waals surface area (Å²) >= 11 is 0. The summed E-state index contributed by atoms with van der Waals surface area (Å²) < 4.78 is 9.15. The van der Waals surface area contributed by atoms with Crippen LogP contribution in [0.15, 0.2) is 49.1 Å². The second kappa shape index (κ2) is 7.42. The summed E-state index contributed by atoms with van der Waals surface area (Å²) in [4.78, 5) is 0. The summed E-state index contributed by atoms with van der Waals surface area (Å²) in [7, 11) is 4.27. The number of hydrogen-bond acceptors (Lipinski definition) is 0. The maximum atomic E-state index is 2.38. The predicted molar refractivity (Wildman–Crippen MR) is 115 cm³/mol. The van der Waals surface area contributed by atoms with Crippen LogP contribution in [-0.4, -0.2) is 9.13 Å². The predicted octanol–water partition coefficient (Wildman–Crippen LogP) is 4.23. The highest BCUT2D eigenvalue weighted by Crippen LogP contribution is 2.23. The molecule has 2 aromatic heterocycles. The first-order chi connectivity index (χ1) is 13.5. The number of nitrogens with zero attached hydrogens (tertiary/aromatic N) is 4. The minimum absolute atomic E-state index is 0.616. The molecule has 0 spiro atoms. The lowest BCUT2D eigenvalue weighted by Gasteiger charge is -2.02. The zero-order valence-corrected chi connectivity index (χ0v) is 17.8. The van der Waals surface area contributed by atoms with E-state index in [-0.39, 0.29) is 0 Å². The number of rotatable bonds is 6. The van der Waals surface area contributed by atoms with Gasteiger partial charge in [0.05, 0.1) is 20.6 Å². The Bertz CT molecular complexity index is 1110. The molecule has 0 radical (unpaired) electrons. The lowest BCUT2D eigenvalue weighted by Crippen LogP contribution is -2.27. The third kappa shape index (κ3) is 3.32. The molecule has 4 heteroatoms. The molecule has 28 heavy (non-hydrogen) atoms. The standard InChI is InChI=1S/C24H32N4/c1-6-7-8-19-9-11-20(12-10-19)28-17-26(5)22-13-21-23(14-24(22)28)27(15-18(2)3)16-25(21)4/h9-14,16-18H,6-8,15H2,1-5H3/q+2. The Kier molecular flexibility index (Phi) is 4.96. The Morgan fingerprint density at radius 3 is 2.25 bits per heavy atom. The van der Waals surface area contributed by atoms with Crippen LogP contribution in [0.4, 0.5) is 0 Å². The number of aryl methyl sites for hydroxylation is 3. The number of fused-ring (bicyclic) bond motifs is 2. The van der Waals surface area contributed by atoms with Crippen molar-refractivity contribution in [2.75, 3.05) is 0 Å². The maximum Gasteiger partial charge on any atom is 0.249 e. The fourth-order valence-corrected chi connectivity index (χ4v) is 4.12. The topological polar surface area (TPSA) is 17.6 Å². The molecule has 0 amide bonds. The molecule has 0 unspecified atom stereocenters. The Morgan fingerprint density at radius 2 is 1.57 bits per heavy atom. The largest absolute Gasteiger partial charge is 0.249 e. The van der Waals surface area contributed by atoms with Gasteiger partial charge in [0.1, 0.15) is 5.69 Å². The van der Waals surface area contributed by atoms with Crippen LogP contribution in [0.1, 0.15) is 39.2 Å². The molecule has 0 saturated heterocycles. The van der Waals surface area contributed by atoms with Crippen molar-refractivity contribution in [1.82, 2.24) is 9.13 Å². The zero-order valence-electron chi connectivity index (χ0n) is 17.8. The summed E-state index contributed by atoms with van der Waals surface area (Å²) in [6, 6.07) is 13.7. The average Bonchev–Trinajstić information content (AvgIpc) is 3.16. The zero-order chi connectivity index (χ0) is 19.8. The average molecular weight is 377 g/mol. The first kappa shape index (κ1) is 18.7. The third-order valence-electron chi connectivity index (χ3n) is 5.60. The van der Waals surface area contributed by atoms with Gasteiger partial charge in [0, 0.05) is 12.1 Å². The Labute approximate surface area is 167 Å². The van der Waals surface area contributed by atoms with Gasteiger partial charge in [-0.3, -0.25) is 0 Å². The van der Waals surface area contributed by atoms with Gasteiger partial charge in [0.2, 0.25) is 12.7 Å². The number of aromatic nitrogens is 4. The molecule has 0 N–H and O–H groups in total. The van der Waals surface area contributed by atoms with Crippen LogP contribution in [0.3, 0.4) is 0 Å². The highest BCUT2D eigenvalue weighted by atomic mass is 15.1. The minimum atomic E-state index is 0.616. The van der Waals surface area contributed by atoms with Crippen molar-refractivity contribution >= 4 is 22.1 Å². The van der Waals surface area contributed by atoms with Crippen LogP contribution < -0.4 is 9.13 Å². The van der Waals surface area contributed by atoms with Gasteiger partial charge in [-0.2, -0.15) is 4.57 Å². The highest BCUT2D eigenvalue weighted by molar-refractivity contribution is 5.89. The van der Waals surface area contributed by atoms with E-state index in [1.807, 2.05) is 0 Å². The van der Waals surface area contributed by atoms with Crippen molar-refractivity contribution in [1.29, 1.82) is 0 Å². The van der Waals surface area contributed by atoms with Crippen LogP contribution in [0.2, 0.25) is 0 Å². The molecule has 2 heterocycles. The van der Waals surface area contributed by atoms with Gasteiger partial charge >= 0.3 is 0 Å². The molecule has 4 aromatic rings. The van der Waals surface area contributed by atoms with Gasteiger partial charge in [-0.25, -0.2) is 13.7 Å². The van der Waals surface area contributed by atoms with Crippen LogP contribution in [-0.2, 0) is 27.1 Å². The number of hydrogen-bond donors (Lipinski definition) is 0. The summed E-state index contributed by atoms with van der Waals surface area (Å²) in [5, 5.41) is 0. The van der Waals surface area contributed by atoms with Crippen molar-refractivity contribution < 1.29 is 9.13 Å². The van der Waals surface area contributed by atoms with Gasteiger partial charge in [-0.05, 0) is 36.5 Å². The van der Waals surface area contributed by atoms with E-state index in [2.05, 4.69) is 102 Å². The first-order valence-electron chi connectivity index (χ1n) is 10.5. The number of imidazole rings is 2. The van der Waals surface area contributed by atoms with E-state index in [0.29, 0.717) is 5.92 Å². The van der Waals surface area contributed by atoms with Crippen molar-refractivity contribution in [3.05, 3.63) is 54.6 Å². The Hall–Kier alpha value is -2.62. The van der Waals surface area contributed by atoms with Crippen molar-refractivity contribution in [2.45, 2.75) is 46.6 Å². The third-order valence-corrected chi connectivity index (χ3v) is 5.60. The van der Waals surface area contributed by atoms with E-state index in [0.717, 1.165) is 13.0 Å². The van der Waals surface area contributed by atoms with Crippen LogP contribution in [0, 0.1) is 5.92 Å². The molecule has 0 aliphatic rings. The molecular formula is C24H32N4+2. The van der Waals surface area contributed by atoms with Crippen molar-refractivity contribution in [3.63, 3.8) is 0 Å². The van der Waals surface area contributed by atoms with Crippen LogP contribution in [0.25, 0.3) is 27.8 Å². The maximum absolute atomic E-state index is 2.38. The molecule has 0 atom stereocenters. The Balaban J connectivity index is 1.84. The normalized spacial score (nSPS) is 11.9. The molecule has 0 bridgehead atoms. The van der Waals surface area contributed by atoms with Crippen molar-refractivity contribution in [3.8, 4) is 5.69 Å². The lowest BCUT2D eigenvalue weighted by molar-refractivity contribution is -0.649. The molecular weight excluding hydrogens is 344 g/mol. The molecule has 0 aliphatic heterocycles. The molecule has 0 saturated carbocycles. The highest BCUT2D eigenvalue weighted by Gasteiger charge is 2.22. The molecule has 4 nitrogen and oxygen atoms in total. The van der Waals surface area contributed by atoms with Gasteiger partial charge in [0.15, 0.2) is 22.1 Å². The van der Waals surface area contributed by atoms with Crippen molar-refractivity contribution in [2.24, 2.45) is 20.0 Å². The summed E-state index contributed by atoms with van der Waals surface area (Å²) in [5.74, 6) is 0.616. The number of benzene rings is 2. The van der Waals surface area contributed by atoms with Crippen LogP contribution >= 0.6 is 0 Å². The van der Waals surface area contributed by atoms with E-state index in [9.17, 15) is 0 Å². The lowest BCUT2D eigenvalue weighted by atomic mass is 10.1. The molecule has 4 rings (SSSR count). The molecule has 2 aromatic carbocycles. The summed E-state index contributed by atoms with van der Waals surface area (Å²) in [5.41, 5.74) is 7.71. The van der Waals surface area contributed by atoms with Gasteiger partial charge in [-0.15, -0.1) is 0 Å². The molecule has 0 fully saturated rings. The Morgan fingerprint density at radius 1 is 0.893 bits per heavy atom. The van der Waals surface area contributed by atoms with E-state index in [1.54, 1.807) is 0 Å². The first-order valence-corrected chi connectivity index (χ1v) is 10.5. The quantitative estimate of drug-likeness (QED) is 0.448. The van der Waals surface area contributed by atoms with Crippen LogP contribution in [0.5, 0.6) is 0 Å².